The second-order valence-electron chi connectivity index (χ2n) is 4.88. The summed E-state index contributed by atoms with van der Waals surface area (Å²) in [5, 5.41) is 9.53. The van der Waals surface area contributed by atoms with Crippen LogP contribution >= 0.6 is 0 Å². The van der Waals surface area contributed by atoms with E-state index in [1.165, 1.54) is 33.4 Å². The molecule has 1 N–H and O–H groups in total. The first-order valence-electron chi connectivity index (χ1n) is 6.08. The monoisotopic (exact) mass is 224 g/mol. The topological polar surface area (TPSA) is 20.2 Å². The Balaban J connectivity index is 2.27. The van der Waals surface area contributed by atoms with Crippen molar-refractivity contribution in [1.29, 1.82) is 0 Å². The van der Waals surface area contributed by atoms with Crippen LogP contribution in [0, 0.1) is 13.8 Å². The Kier molecular flexibility index (Phi) is 2.22. The fraction of sp³-hybridized carbons (Fsp3) is 0.250. The maximum absolute atomic E-state index is 9.53. The SMILES string of the molecule is Cc1ccc2c(c1C)CCc1cc(O)ccc1-2. The third kappa shape index (κ3) is 1.54. The van der Waals surface area contributed by atoms with Crippen LogP contribution in [0.2, 0.25) is 0 Å². The molecule has 0 atom stereocenters. The van der Waals surface area contributed by atoms with Gasteiger partial charge in [0.15, 0.2) is 0 Å². The fourth-order valence-corrected chi connectivity index (χ4v) is 2.76. The molecule has 1 aliphatic rings. The summed E-state index contributed by atoms with van der Waals surface area (Å²) < 4.78 is 0. The van der Waals surface area contributed by atoms with Crippen molar-refractivity contribution in [3.8, 4) is 16.9 Å². The average Bonchev–Trinajstić information content (AvgIpc) is 2.33. The van der Waals surface area contributed by atoms with Gasteiger partial charge in [-0.1, -0.05) is 18.2 Å². The molecule has 1 heteroatoms. The molecule has 0 aliphatic heterocycles. The first kappa shape index (κ1) is 10.4. The lowest BCUT2D eigenvalue weighted by molar-refractivity contribution is 0.474. The molecule has 3 rings (SSSR count). The lowest BCUT2D eigenvalue weighted by Crippen LogP contribution is -2.06. The number of aryl methyl sites for hydroxylation is 2. The normalized spacial score (nSPS) is 13.1. The quantitative estimate of drug-likeness (QED) is 0.722. The van der Waals surface area contributed by atoms with Crippen LogP contribution in [-0.4, -0.2) is 5.11 Å². The van der Waals surface area contributed by atoms with Crippen molar-refractivity contribution < 1.29 is 5.11 Å². The van der Waals surface area contributed by atoms with Gasteiger partial charge in [0.2, 0.25) is 0 Å². The van der Waals surface area contributed by atoms with Crippen LogP contribution in [0.3, 0.4) is 0 Å². The van der Waals surface area contributed by atoms with Crippen LogP contribution in [-0.2, 0) is 12.8 Å². The maximum atomic E-state index is 9.53. The Bertz CT molecular complexity index is 597. The smallest absolute Gasteiger partial charge is 0.115 e. The van der Waals surface area contributed by atoms with Crippen LogP contribution in [0.4, 0.5) is 0 Å². The van der Waals surface area contributed by atoms with Crippen molar-refractivity contribution in [2.45, 2.75) is 26.7 Å². The minimum atomic E-state index is 0.371. The van der Waals surface area contributed by atoms with Gasteiger partial charge in [0.1, 0.15) is 5.75 Å². The zero-order valence-corrected chi connectivity index (χ0v) is 10.2. The van der Waals surface area contributed by atoms with E-state index < -0.39 is 0 Å². The molecule has 0 saturated heterocycles. The summed E-state index contributed by atoms with van der Waals surface area (Å²) in [7, 11) is 0. The van der Waals surface area contributed by atoms with Crippen molar-refractivity contribution in [1.82, 2.24) is 0 Å². The van der Waals surface area contributed by atoms with E-state index in [4.69, 9.17) is 0 Å². The predicted octanol–water partition coefficient (Wildman–Crippen LogP) is 3.77. The third-order valence-corrected chi connectivity index (χ3v) is 3.89. The van der Waals surface area contributed by atoms with Gasteiger partial charge in [0.25, 0.3) is 0 Å². The molecular formula is C16H16O. The zero-order valence-electron chi connectivity index (χ0n) is 10.2. The molecule has 0 radical (unpaired) electrons. The molecule has 0 heterocycles. The molecule has 86 valence electrons. The number of rotatable bonds is 0. The van der Waals surface area contributed by atoms with Crippen molar-refractivity contribution in [2.75, 3.05) is 0 Å². The summed E-state index contributed by atoms with van der Waals surface area (Å²) in [6.07, 6.45) is 2.11. The van der Waals surface area contributed by atoms with Gasteiger partial charge in [-0.05, 0) is 72.2 Å². The highest BCUT2D eigenvalue weighted by Crippen LogP contribution is 2.37. The van der Waals surface area contributed by atoms with E-state index in [2.05, 4.69) is 26.0 Å². The molecule has 0 saturated carbocycles. The molecule has 1 nitrogen and oxygen atoms in total. The van der Waals surface area contributed by atoms with E-state index in [1.54, 1.807) is 6.07 Å². The summed E-state index contributed by atoms with van der Waals surface area (Å²) in [5.41, 5.74) is 8.15. The van der Waals surface area contributed by atoms with Crippen molar-refractivity contribution in [3.63, 3.8) is 0 Å². The van der Waals surface area contributed by atoms with Crippen LogP contribution in [0.25, 0.3) is 11.1 Å². The molecule has 2 aromatic carbocycles. The summed E-state index contributed by atoms with van der Waals surface area (Å²) in [6, 6.07) is 10.1. The molecule has 0 aromatic heterocycles. The van der Waals surface area contributed by atoms with Gasteiger partial charge in [0, 0.05) is 0 Å². The Morgan fingerprint density at radius 3 is 2.53 bits per heavy atom. The zero-order chi connectivity index (χ0) is 12.0. The van der Waals surface area contributed by atoms with E-state index in [-0.39, 0.29) is 0 Å². The summed E-state index contributed by atoms with van der Waals surface area (Å²) in [4.78, 5) is 0. The van der Waals surface area contributed by atoms with Crippen molar-refractivity contribution in [2.24, 2.45) is 0 Å². The number of benzene rings is 2. The average molecular weight is 224 g/mol. The van der Waals surface area contributed by atoms with Gasteiger partial charge >= 0.3 is 0 Å². The molecule has 0 bridgehead atoms. The molecule has 17 heavy (non-hydrogen) atoms. The largest absolute Gasteiger partial charge is 0.508 e. The Hall–Kier alpha value is -1.76. The van der Waals surface area contributed by atoms with Gasteiger partial charge in [-0.2, -0.15) is 0 Å². The van der Waals surface area contributed by atoms with E-state index in [0.717, 1.165) is 12.8 Å². The van der Waals surface area contributed by atoms with Crippen molar-refractivity contribution >= 4 is 0 Å². The Morgan fingerprint density at radius 1 is 0.941 bits per heavy atom. The maximum Gasteiger partial charge on any atom is 0.115 e. The molecule has 0 fully saturated rings. The lowest BCUT2D eigenvalue weighted by atomic mass is 9.82. The van der Waals surface area contributed by atoms with Gasteiger partial charge in [-0.25, -0.2) is 0 Å². The molecule has 0 amide bonds. The summed E-state index contributed by atoms with van der Waals surface area (Å²) in [6.45, 7) is 4.38. The molecule has 2 aromatic rings. The van der Waals surface area contributed by atoms with Crippen molar-refractivity contribution in [3.05, 3.63) is 52.6 Å². The number of fused-ring (bicyclic) bond motifs is 3. The first-order valence-corrected chi connectivity index (χ1v) is 6.08. The highest BCUT2D eigenvalue weighted by Gasteiger charge is 2.18. The molecular weight excluding hydrogens is 208 g/mol. The number of aromatic hydroxyl groups is 1. The van der Waals surface area contributed by atoms with Gasteiger partial charge in [-0.15, -0.1) is 0 Å². The summed E-state index contributed by atoms with van der Waals surface area (Å²) in [5.74, 6) is 0.371. The highest BCUT2D eigenvalue weighted by atomic mass is 16.3. The van der Waals surface area contributed by atoms with Crippen LogP contribution < -0.4 is 0 Å². The number of hydrogen-bond acceptors (Lipinski definition) is 1. The number of phenols is 1. The van der Waals surface area contributed by atoms with Crippen LogP contribution in [0.1, 0.15) is 22.3 Å². The third-order valence-electron chi connectivity index (χ3n) is 3.89. The Labute approximate surface area is 102 Å². The van der Waals surface area contributed by atoms with Gasteiger partial charge in [-0.3, -0.25) is 0 Å². The molecule has 0 unspecified atom stereocenters. The highest BCUT2D eigenvalue weighted by molar-refractivity contribution is 5.75. The Morgan fingerprint density at radius 2 is 1.71 bits per heavy atom. The minimum absolute atomic E-state index is 0.371. The van der Waals surface area contributed by atoms with Gasteiger partial charge < -0.3 is 5.11 Å². The molecule has 0 spiro atoms. The number of phenolic OH excluding ortho intramolecular Hbond substituents is 1. The minimum Gasteiger partial charge on any atom is -0.508 e. The van der Waals surface area contributed by atoms with Crippen LogP contribution in [0.15, 0.2) is 30.3 Å². The second-order valence-corrected chi connectivity index (χ2v) is 4.88. The molecule has 1 aliphatic carbocycles. The first-order chi connectivity index (χ1) is 8.16. The van der Waals surface area contributed by atoms with Crippen LogP contribution in [0.5, 0.6) is 5.75 Å². The van der Waals surface area contributed by atoms with E-state index in [1.807, 2.05) is 12.1 Å². The number of hydrogen-bond donors (Lipinski definition) is 1. The predicted molar refractivity (Wildman–Crippen MR) is 70.4 cm³/mol. The van der Waals surface area contributed by atoms with Gasteiger partial charge in [0.05, 0.1) is 0 Å². The van der Waals surface area contributed by atoms with E-state index >= 15 is 0 Å². The van der Waals surface area contributed by atoms with E-state index in [0.29, 0.717) is 5.75 Å². The standard InChI is InChI=1S/C16H16O/c1-10-3-6-16-14(11(10)2)7-4-12-9-13(17)5-8-15(12)16/h3,5-6,8-9,17H,4,7H2,1-2H3. The lowest BCUT2D eigenvalue weighted by Gasteiger charge is -2.22. The van der Waals surface area contributed by atoms with E-state index in [9.17, 15) is 5.11 Å². The second kappa shape index (κ2) is 3.63. The summed E-state index contributed by atoms with van der Waals surface area (Å²) >= 11 is 0. The fourth-order valence-electron chi connectivity index (χ4n) is 2.76.